The van der Waals surface area contributed by atoms with Crippen LogP contribution < -0.4 is 15.7 Å². The van der Waals surface area contributed by atoms with Crippen LogP contribution in [0.25, 0.3) is 11.0 Å². The first kappa shape index (κ1) is 22.5. The molecule has 29 heavy (non-hydrogen) atoms. The van der Waals surface area contributed by atoms with E-state index in [1.807, 2.05) is 13.8 Å². The Balaban J connectivity index is 2.27. The Labute approximate surface area is 170 Å². The molecular weight excluding hydrogens is 374 g/mol. The molecule has 1 heterocycles. The monoisotopic (exact) mass is 403 g/mol. The molecule has 1 aromatic carbocycles. The van der Waals surface area contributed by atoms with Crippen molar-refractivity contribution in [3.63, 3.8) is 0 Å². The second kappa shape index (κ2) is 9.11. The van der Waals surface area contributed by atoms with Crippen molar-refractivity contribution >= 4 is 23.0 Å². The number of nitrogens with one attached hydrogen (secondary N) is 1. The molecule has 1 atom stereocenters. The van der Waals surface area contributed by atoms with Gasteiger partial charge in [-0.3, -0.25) is 0 Å². The van der Waals surface area contributed by atoms with E-state index in [1.54, 1.807) is 39.8 Å². The summed E-state index contributed by atoms with van der Waals surface area (Å²) in [5.41, 5.74) is 0.695. The zero-order chi connectivity index (χ0) is 21.8. The number of hydrogen-bond donors (Lipinski definition) is 1. The molecule has 2 rings (SSSR count). The molecule has 0 spiro atoms. The van der Waals surface area contributed by atoms with Crippen molar-refractivity contribution in [3.8, 4) is 5.75 Å². The van der Waals surface area contributed by atoms with Crippen molar-refractivity contribution in [3.05, 3.63) is 39.7 Å². The predicted octanol–water partition coefficient (Wildman–Crippen LogP) is 4.26. The Bertz CT molecular complexity index is 954. The summed E-state index contributed by atoms with van der Waals surface area (Å²) in [6.07, 6.45) is 1.07. The van der Waals surface area contributed by atoms with E-state index in [1.165, 1.54) is 6.07 Å². The van der Waals surface area contributed by atoms with Gasteiger partial charge in [-0.15, -0.1) is 0 Å². The number of carbonyl (C=O) groups is 2. The smallest absolute Gasteiger partial charge is 0.408 e. The molecular formula is C22H29NO6. The van der Waals surface area contributed by atoms with Gasteiger partial charge in [0.05, 0.1) is 0 Å². The first-order valence-corrected chi connectivity index (χ1v) is 9.83. The van der Waals surface area contributed by atoms with E-state index in [0.29, 0.717) is 30.4 Å². The van der Waals surface area contributed by atoms with Crippen LogP contribution in [-0.2, 0) is 16.0 Å². The van der Waals surface area contributed by atoms with Crippen LogP contribution in [0.4, 0.5) is 4.79 Å². The van der Waals surface area contributed by atoms with Crippen LogP contribution in [0.1, 0.15) is 58.6 Å². The van der Waals surface area contributed by atoms with Gasteiger partial charge >= 0.3 is 17.7 Å². The number of ether oxygens (including phenoxy) is 2. The number of amides is 1. The average molecular weight is 403 g/mol. The standard InChI is InChI=1S/C22H29NO6/c1-7-9-16(23-21(26)29-22(4,5)6)20(25)27-17-11-10-15-14(8-2)12-18(24)28-19(15)13(17)3/h10-12,16H,7-9H2,1-6H3,(H,23,26). The molecule has 1 aromatic heterocycles. The third-order valence-electron chi connectivity index (χ3n) is 4.34. The zero-order valence-electron chi connectivity index (χ0n) is 17.9. The third-order valence-corrected chi connectivity index (χ3v) is 4.34. The summed E-state index contributed by atoms with van der Waals surface area (Å²) in [7, 11) is 0. The molecule has 1 unspecified atom stereocenters. The summed E-state index contributed by atoms with van der Waals surface area (Å²) < 4.78 is 16.1. The van der Waals surface area contributed by atoms with E-state index in [4.69, 9.17) is 13.9 Å². The van der Waals surface area contributed by atoms with Gasteiger partial charge < -0.3 is 19.2 Å². The highest BCUT2D eigenvalue weighted by atomic mass is 16.6. The molecule has 0 radical (unpaired) electrons. The lowest BCUT2D eigenvalue weighted by molar-refractivity contribution is -0.137. The van der Waals surface area contributed by atoms with Crippen molar-refractivity contribution in [2.45, 2.75) is 72.4 Å². The molecule has 7 nitrogen and oxygen atoms in total. The van der Waals surface area contributed by atoms with Gasteiger partial charge in [0.1, 0.15) is 23.0 Å². The van der Waals surface area contributed by atoms with Crippen LogP contribution >= 0.6 is 0 Å². The van der Waals surface area contributed by atoms with Gasteiger partial charge in [-0.2, -0.15) is 0 Å². The number of aryl methyl sites for hydroxylation is 2. The maximum atomic E-state index is 12.7. The fourth-order valence-corrected chi connectivity index (χ4v) is 2.98. The summed E-state index contributed by atoms with van der Waals surface area (Å²) in [5.74, 6) is -0.319. The molecule has 1 amide bonds. The van der Waals surface area contributed by atoms with Crippen LogP contribution in [-0.4, -0.2) is 23.7 Å². The molecule has 0 saturated carbocycles. The van der Waals surface area contributed by atoms with Gasteiger partial charge in [0, 0.05) is 17.0 Å². The lowest BCUT2D eigenvalue weighted by atomic mass is 10.0. The summed E-state index contributed by atoms with van der Waals surface area (Å²) in [4.78, 5) is 36.6. The van der Waals surface area contributed by atoms with Gasteiger partial charge in [-0.25, -0.2) is 14.4 Å². The third kappa shape index (κ3) is 5.82. The van der Waals surface area contributed by atoms with Crippen molar-refractivity contribution in [2.24, 2.45) is 0 Å². The normalized spacial score (nSPS) is 12.5. The van der Waals surface area contributed by atoms with Gasteiger partial charge in [0.25, 0.3) is 0 Å². The number of esters is 1. The van der Waals surface area contributed by atoms with Gasteiger partial charge in [0.15, 0.2) is 0 Å². The van der Waals surface area contributed by atoms with E-state index in [9.17, 15) is 14.4 Å². The minimum absolute atomic E-state index is 0.283. The fourth-order valence-electron chi connectivity index (χ4n) is 2.98. The van der Waals surface area contributed by atoms with Crippen LogP contribution in [0.15, 0.2) is 27.4 Å². The highest BCUT2D eigenvalue weighted by Crippen LogP contribution is 2.29. The highest BCUT2D eigenvalue weighted by molar-refractivity contribution is 5.87. The molecule has 7 heteroatoms. The SMILES string of the molecule is CCCC(NC(=O)OC(C)(C)C)C(=O)Oc1ccc2c(CC)cc(=O)oc2c1C. The molecule has 1 N–H and O–H groups in total. The number of carbonyl (C=O) groups excluding carboxylic acids is 2. The maximum Gasteiger partial charge on any atom is 0.408 e. The highest BCUT2D eigenvalue weighted by Gasteiger charge is 2.26. The van der Waals surface area contributed by atoms with E-state index in [-0.39, 0.29) is 5.75 Å². The Morgan fingerprint density at radius 1 is 1.21 bits per heavy atom. The van der Waals surface area contributed by atoms with Crippen LogP contribution in [0.3, 0.4) is 0 Å². The van der Waals surface area contributed by atoms with Gasteiger partial charge in [-0.1, -0.05) is 20.3 Å². The second-order valence-corrected chi connectivity index (χ2v) is 7.92. The molecule has 0 aliphatic heterocycles. The van der Waals surface area contributed by atoms with Crippen molar-refractivity contribution in [2.75, 3.05) is 0 Å². The summed E-state index contributed by atoms with van der Waals surface area (Å²) in [6, 6.07) is 4.06. The van der Waals surface area contributed by atoms with Crippen LogP contribution in [0.2, 0.25) is 0 Å². The van der Waals surface area contributed by atoms with Gasteiger partial charge in [-0.05, 0) is 58.2 Å². The fraction of sp³-hybridized carbons (Fsp3) is 0.500. The molecule has 0 saturated heterocycles. The molecule has 0 aliphatic rings. The number of alkyl carbamates (subject to hydrolysis) is 1. The second-order valence-electron chi connectivity index (χ2n) is 7.92. The quantitative estimate of drug-likeness (QED) is 0.440. The minimum Gasteiger partial charge on any atom is -0.444 e. The Kier molecular flexibility index (Phi) is 7.06. The lowest BCUT2D eigenvalue weighted by Gasteiger charge is -2.23. The van der Waals surface area contributed by atoms with E-state index in [0.717, 1.165) is 10.9 Å². The van der Waals surface area contributed by atoms with Gasteiger partial charge in [0.2, 0.25) is 0 Å². The predicted molar refractivity (Wildman–Crippen MR) is 110 cm³/mol. The first-order valence-electron chi connectivity index (χ1n) is 9.83. The number of rotatable bonds is 6. The summed E-state index contributed by atoms with van der Waals surface area (Å²) in [6.45, 7) is 10.8. The van der Waals surface area contributed by atoms with E-state index >= 15 is 0 Å². The molecule has 158 valence electrons. The molecule has 0 bridgehead atoms. The Morgan fingerprint density at radius 3 is 2.48 bits per heavy atom. The van der Waals surface area contributed by atoms with E-state index < -0.39 is 29.3 Å². The van der Waals surface area contributed by atoms with Crippen molar-refractivity contribution in [1.29, 1.82) is 0 Å². The van der Waals surface area contributed by atoms with E-state index in [2.05, 4.69) is 5.32 Å². The average Bonchev–Trinajstić information content (AvgIpc) is 2.61. The molecule has 0 aliphatic carbocycles. The number of benzene rings is 1. The number of hydrogen-bond acceptors (Lipinski definition) is 6. The number of fused-ring (bicyclic) bond motifs is 1. The van der Waals surface area contributed by atoms with Crippen molar-refractivity contribution < 1.29 is 23.5 Å². The Hall–Kier alpha value is -2.83. The Morgan fingerprint density at radius 2 is 1.90 bits per heavy atom. The van der Waals surface area contributed by atoms with Crippen LogP contribution in [0.5, 0.6) is 5.75 Å². The summed E-state index contributed by atoms with van der Waals surface area (Å²) in [5, 5.41) is 3.38. The zero-order valence-corrected chi connectivity index (χ0v) is 17.9. The lowest BCUT2D eigenvalue weighted by Crippen LogP contribution is -2.45. The largest absolute Gasteiger partial charge is 0.444 e. The van der Waals surface area contributed by atoms with Crippen LogP contribution in [0, 0.1) is 6.92 Å². The van der Waals surface area contributed by atoms with Crippen molar-refractivity contribution in [1.82, 2.24) is 5.32 Å². The topological polar surface area (TPSA) is 94.8 Å². The first-order chi connectivity index (χ1) is 13.6. The summed E-state index contributed by atoms with van der Waals surface area (Å²) >= 11 is 0. The minimum atomic E-state index is -0.848. The molecule has 2 aromatic rings. The maximum absolute atomic E-state index is 12.7. The molecule has 0 fully saturated rings.